The summed E-state index contributed by atoms with van der Waals surface area (Å²) in [5.74, 6) is -0.544. The van der Waals surface area contributed by atoms with Gasteiger partial charge in [0.2, 0.25) is 11.8 Å². The molecule has 0 spiro atoms. The first-order chi connectivity index (χ1) is 14.0. The van der Waals surface area contributed by atoms with Gasteiger partial charge in [-0.3, -0.25) is 14.3 Å². The second-order valence-corrected chi connectivity index (χ2v) is 9.03. The maximum absolute atomic E-state index is 13.6. The van der Waals surface area contributed by atoms with Crippen LogP contribution in [0.1, 0.15) is 44.6 Å². The lowest BCUT2D eigenvalue weighted by atomic mass is 9.85. The molecule has 30 heavy (non-hydrogen) atoms. The van der Waals surface area contributed by atoms with Crippen LogP contribution in [-0.2, 0) is 16.6 Å². The lowest BCUT2D eigenvalue weighted by molar-refractivity contribution is -0.144. The van der Waals surface area contributed by atoms with Crippen molar-refractivity contribution in [2.75, 3.05) is 13.6 Å². The van der Waals surface area contributed by atoms with E-state index in [1.54, 1.807) is 15.6 Å². The van der Waals surface area contributed by atoms with E-state index in [2.05, 4.69) is 20.7 Å². The molecule has 3 rings (SSSR count). The molecule has 2 aromatic rings. The van der Waals surface area contributed by atoms with Crippen molar-refractivity contribution in [2.45, 2.75) is 59.2 Å². The van der Waals surface area contributed by atoms with Gasteiger partial charge in [-0.1, -0.05) is 26.0 Å². The van der Waals surface area contributed by atoms with Gasteiger partial charge in [-0.15, -0.1) is 5.10 Å². The van der Waals surface area contributed by atoms with E-state index in [1.165, 1.54) is 11.9 Å². The average Bonchev–Trinajstić information content (AvgIpc) is 3.32. The molecular weight excluding hydrogens is 386 g/mol. The van der Waals surface area contributed by atoms with Gasteiger partial charge in [0.05, 0.1) is 18.0 Å². The van der Waals surface area contributed by atoms with Gasteiger partial charge in [0.15, 0.2) is 0 Å². The van der Waals surface area contributed by atoms with Gasteiger partial charge in [0, 0.05) is 38.3 Å². The number of carbonyl (C=O) groups excluding carboxylic acids is 2. The van der Waals surface area contributed by atoms with Crippen LogP contribution in [0.3, 0.4) is 0 Å². The molecule has 0 aliphatic carbocycles. The second-order valence-electron chi connectivity index (χ2n) is 9.03. The van der Waals surface area contributed by atoms with E-state index in [9.17, 15) is 14.7 Å². The van der Waals surface area contributed by atoms with Crippen molar-refractivity contribution in [3.8, 4) is 11.3 Å². The molecule has 2 aromatic heterocycles. The number of hydrogen-bond acceptors (Lipinski definition) is 6. The van der Waals surface area contributed by atoms with Crippen molar-refractivity contribution in [1.82, 2.24) is 35.0 Å². The number of nitrogens with zero attached hydrogens (tertiary/aromatic N) is 6. The van der Waals surface area contributed by atoms with Crippen molar-refractivity contribution >= 4 is 11.8 Å². The zero-order valence-corrected chi connectivity index (χ0v) is 18.7. The van der Waals surface area contributed by atoms with Crippen molar-refractivity contribution in [1.29, 1.82) is 0 Å². The largest absolute Gasteiger partial charge is 0.391 e. The molecule has 10 nitrogen and oxygen atoms in total. The Balaban J connectivity index is 1.99. The molecular formula is C20H31N7O3. The van der Waals surface area contributed by atoms with Gasteiger partial charge < -0.3 is 15.3 Å². The first kappa shape index (κ1) is 21.9. The fourth-order valence-electron chi connectivity index (χ4n) is 4.17. The fraction of sp³-hybridized carbons (Fsp3) is 0.650. The van der Waals surface area contributed by atoms with Crippen LogP contribution >= 0.6 is 0 Å². The number of carbonyl (C=O) groups is 2. The minimum Gasteiger partial charge on any atom is -0.391 e. The third kappa shape index (κ3) is 3.83. The maximum atomic E-state index is 13.6. The van der Waals surface area contributed by atoms with E-state index in [1.807, 2.05) is 41.7 Å². The van der Waals surface area contributed by atoms with Gasteiger partial charge in [0.1, 0.15) is 17.8 Å². The van der Waals surface area contributed by atoms with Crippen LogP contribution in [0.25, 0.3) is 11.3 Å². The summed E-state index contributed by atoms with van der Waals surface area (Å²) in [5, 5.41) is 25.7. The summed E-state index contributed by atoms with van der Waals surface area (Å²) >= 11 is 0. The van der Waals surface area contributed by atoms with Crippen LogP contribution in [0.15, 0.2) is 6.20 Å². The molecule has 164 valence electrons. The van der Waals surface area contributed by atoms with E-state index < -0.39 is 23.6 Å². The molecule has 2 unspecified atom stereocenters. The van der Waals surface area contributed by atoms with Crippen molar-refractivity contribution in [3.05, 3.63) is 17.6 Å². The van der Waals surface area contributed by atoms with E-state index >= 15 is 0 Å². The number of aliphatic hydroxyl groups excluding tert-OH is 1. The molecule has 0 saturated carbocycles. The highest BCUT2D eigenvalue weighted by atomic mass is 16.3. The van der Waals surface area contributed by atoms with Crippen LogP contribution in [0, 0.1) is 19.3 Å². The molecule has 0 radical (unpaired) electrons. The molecule has 0 aromatic carbocycles. The van der Waals surface area contributed by atoms with Crippen LogP contribution in [0.5, 0.6) is 0 Å². The molecule has 10 heteroatoms. The highest BCUT2D eigenvalue weighted by Gasteiger charge is 2.45. The number of likely N-dealkylation sites (tertiary alicyclic amines) is 1. The van der Waals surface area contributed by atoms with E-state index in [0.29, 0.717) is 5.69 Å². The number of β-amino-alcohol motifs (C(OH)–C–C–N with tert-alkyl or cyclic N) is 1. The van der Waals surface area contributed by atoms with E-state index in [4.69, 9.17) is 0 Å². The third-order valence-electron chi connectivity index (χ3n) is 5.71. The number of aliphatic hydroxyl groups is 1. The highest BCUT2D eigenvalue weighted by molar-refractivity contribution is 5.90. The minimum absolute atomic E-state index is 0.117. The lowest BCUT2D eigenvalue weighted by Gasteiger charge is -2.34. The average molecular weight is 418 g/mol. The first-order valence-corrected chi connectivity index (χ1v) is 10.1. The quantitative estimate of drug-likeness (QED) is 0.752. The summed E-state index contributed by atoms with van der Waals surface area (Å²) in [5.41, 5.74) is 2.83. The summed E-state index contributed by atoms with van der Waals surface area (Å²) in [6, 6.07) is -1.39. The van der Waals surface area contributed by atoms with Crippen LogP contribution < -0.4 is 5.32 Å². The van der Waals surface area contributed by atoms with Gasteiger partial charge in [-0.25, -0.2) is 4.68 Å². The molecule has 3 atom stereocenters. The molecule has 2 amide bonds. The fourth-order valence-corrected chi connectivity index (χ4v) is 4.17. The van der Waals surface area contributed by atoms with Crippen molar-refractivity contribution in [3.63, 3.8) is 0 Å². The van der Waals surface area contributed by atoms with Crippen molar-refractivity contribution in [2.24, 2.45) is 12.5 Å². The Bertz CT molecular complexity index is 956. The molecule has 1 fully saturated rings. The molecule has 2 N–H and O–H groups in total. The van der Waals surface area contributed by atoms with Crippen LogP contribution in [0.2, 0.25) is 0 Å². The Morgan fingerprint density at radius 1 is 1.30 bits per heavy atom. The maximum Gasteiger partial charge on any atom is 0.248 e. The first-order valence-electron chi connectivity index (χ1n) is 10.1. The standard InChI is InChI=1S/C20H31N7O3/c1-11-16(12(2)25(7)23-11)14-10-27(24-22-14)17(20(3,4)5)19(30)26-9-13(28)8-15(26)18(29)21-6/h10,13,15,17,28H,8-9H2,1-7H3,(H,21,29)/t13?,15?,17-/m1/s1. The van der Waals surface area contributed by atoms with E-state index in [0.717, 1.165) is 17.0 Å². The minimum atomic E-state index is -0.733. The summed E-state index contributed by atoms with van der Waals surface area (Å²) in [4.78, 5) is 27.3. The third-order valence-corrected chi connectivity index (χ3v) is 5.71. The zero-order chi connectivity index (χ0) is 22.4. The molecule has 3 heterocycles. The normalized spacial score (nSPS) is 20.5. The predicted molar refractivity (Wildman–Crippen MR) is 110 cm³/mol. The Kier molecular flexibility index (Phi) is 5.72. The predicted octanol–water partition coefficient (Wildman–Crippen LogP) is 0.590. The summed E-state index contributed by atoms with van der Waals surface area (Å²) < 4.78 is 3.35. The van der Waals surface area contributed by atoms with Crippen LogP contribution in [0.4, 0.5) is 0 Å². The Morgan fingerprint density at radius 2 is 1.97 bits per heavy atom. The Labute approximate surface area is 176 Å². The second kappa shape index (κ2) is 7.82. The van der Waals surface area contributed by atoms with E-state index in [-0.39, 0.29) is 24.8 Å². The number of amides is 2. The zero-order valence-electron chi connectivity index (χ0n) is 18.7. The van der Waals surface area contributed by atoms with Gasteiger partial charge in [0.25, 0.3) is 0 Å². The lowest BCUT2D eigenvalue weighted by Crippen LogP contribution is -2.49. The highest BCUT2D eigenvalue weighted by Crippen LogP contribution is 2.35. The van der Waals surface area contributed by atoms with Gasteiger partial charge >= 0.3 is 0 Å². The van der Waals surface area contributed by atoms with Crippen LogP contribution in [-0.4, -0.2) is 72.3 Å². The smallest absolute Gasteiger partial charge is 0.248 e. The summed E-state index contributed by atoms with van der Waals surface area (Å²) in [6.45, 7) is 9.82. The molecule has 0 bridgehead atoms. The molecule has 1 aliphatic rings. The number of likely N-dealkylation sites (N-methyl/N-ethyl adjacent to an activating group) is 1. The number of aryl methyl sites for hydroxylation is 2. The topological polar surface area (TPSA) is 118 Å². The molecule has 1 saturated heterocycles. The number of rotatable bonds is 4. The summed E-state index contributed by atoms with van der Waals surface area (Å²) in [6.07, 6.45) is 1.24. The Morgan fingerprint density at radius 3 is 2.50 bits per heavy atom. The number of aromatic nitrogens is 5. The van der Waals surface area contributed by atoms with Gasteiger partial charge in [-0.05, 0) is 19.3 Å². The molecule has 1 aliphatic heterocycles. The van der Waals surface area contributed by atoms with Crippen molar-refractivity contribution < 1.29 is 14.7 Å². The monoisotopic (exact) mass is 417 g/mol. The SMILES string of the molecule is CNC(=O)C1CC(O)CN1C(=O)[C@@H](n1cc(-c2c(C)nn(C)c2C)nn1)C(C)(C)C. The number of hydrogen-bond donors (Lipinski definition) is 2. The van der Waals surface area contributed by atoms with Gasteiger partial charge in [-0.2, -0.15) is 5.10 Å². The summed E-state index contributed by atoms with van der Waals surface area (Å²) in [7, 11) is 3.40. The Hall–Kier alpha value is -2.75. The number of nitrogens with one attached hydrogen (secondary N) is 1.